The van der Waals surface area contributed by atoms with Gasteiger partial charge < -0.3 is 19.9 Å². The molecular formula is C24H26N2O4S. The molecule has 0 aliphatic rings. The Balaban J connectivity index is 1.67. The first-order chi connectivity index (χ1) is 15.0. The molecule has 6 nitrogen and oxygen atoms in total. The van der Waals surface area contributed by atoms with Gasteiger partial charge in [-0.2, -0.15) is 0 Å². The van der Waals surface area contributed by atoms with Crippen molar-refractivity contribution in [3.63, 3.8) is 0 Å². The Morgan fingerprint density at radius 2 is 1.52 bits per heavy atom. The van der Waals surface area contributed by atoms with Gasteiger partial charge in [0, 0.05) is 12.5 Å². The van der Waals surface area contributed by atoms with E-state index < -0.39 is 12.3 Å². The number of benzene rings is 3. The summed E-state index contributed by atoms with van der Waals surface area (Å²) in [5.41, 5.74) is 5.80. The van der Waals surface area contributed by atoms with Crippen molar-refractivity contribution in [3.8, 4) is 23.0 Å². The molecule has 0 spiro atoms. The number of para-hydroxylation sites is 1. The number of ether oxygens (including phenoxy) is 3. The standard InChI is InChI=1S/C24H26N2O4S/c1-2-3-12-23(30-22-11-7-8-18(17-22)26(31)24(25)27)29-21-15-13-20(14-16-21)28-19-9-5-4-6-10-19/h4-11,13-17,23,31H,2-3,12H2,1H3,(H2,25,27). The Morgan fingerprint density at radius 3 is 2.19 bits per heavy atom. The summed E-state index contributed by atoms with van der Waals surface area (Å²) in [6.07, 6.45) is 2.18. The summed E-state index contributed by atoms with van der Waals surface area (Å²) < 4.78 is 19.0. The first kappa shape index (κ1) is 22.4. The molecule has 3 aromatic rings. The number of hydrogen-bond donors (Lipinski definition) is 2. The molecule has 2 N–H and O–H groups in total. The molecule has 0 bridgehead atoms. The zero-order chi connectivity index (χ0) is 22.1. The minimum Gasteiger partial charge on any atom is -0.457 e. The summed E-state index contributed by atoms with van der Waals surface area (Å²) in [5, 5.41) is 0. The third kappa shape index (κ3) is 6.86. The molecular weight excluding hydrogens is 412 g/mol. The number of carbonyl (C=O) groups excluding carboxylic acids is 1. The summed E-state index contributed by atoms with van der Waals surface area (Å²) in [4.78, 5) is 11.4. The monoisotopic (exact) mass is 438 g/mol. The van der Waals surface area contributed by atoms with Crippen molar-refractivity contribution in [2.45, 2.75) is 32.5 Å². The first-order valence-electron chi connectivity index (χ1n) is 10.1. The van der Waals surface area contributed by atoms with Gasteiger partial charge in [0.05, 0.1) is 5.69 Å². The van der Waals surface area contributed by atoms with E-state index in [1.165, 1.54) is 0 Å². The number of primary amides is 1. The molecule has 7 heteroatoms. The van der Waals surface area contributed by atoms with Gasteiger partial charge in [-0.05, 0) is 55.0 Å². The van der Waals surface area contributed by atoms with Crippen LogP contribution in [0.1, 0.15) is 26.2 Å². The number of carbonyl (C=O) groups is 1. The van der Waals surface area contributed by atoms with E-state index in [1.54, 1.807) is 24.3 Å². The second-order valence-corrected chi connectivity index (χ2v) is 7.24. The Morgan fingerprint density at radius 1 is 0.903 bits per heavy atom. The smallest absolute Gasteiger partial charge is 0.329 e. The van der Waals surface area contributed by atoms with E-state index in [0.29, 0.717) is 23.6 Å². The van der Waals surface area contributed by atoms with Gasteiger partial charge in [0.25, 0.3) is 0 Å². The van der Waals surface area contributed by atoms with Crippen LogP contribution in [0.15, 0.2) is 78.9 Å². The molecule has 1 unspecified atom stereocenters. The summed E-state index contributed by atoms with van der Waals surface area (Å²) in [6, 6.07) is 23.3. The highest BCUT2D eigenvalue weighted by atomic mass is 32.1. The largest absolute Gasteiger partial charge is 0.457 e. The predicted molar refractivity (Wildman–Crippen MR) is 125 cm³/mol. The number of unbranched alkanes of at least 4 members (excludes halogenated alkanes) is 1. The van der Waals surface area contributed by atoms with Crippen LogP contribution in [-0.2, 0) is 0 Å². The fraction of sp³-hybridized carbons (Fsp3) is 0.208. The number of amides is 2. The molecule has 0 saturated heterocycles. The summed E-state index contributed by atoms with van der Waals surface area (Å²) >= 11 is 4.09. The van der Waals surface area contributed by atoms with E-state index in [2.05, 4.69) is 19.7 Å². The second-order valence-electron chi connectivity index (χ2n) is 6.84. The summed E-state index contributed by atoms with van der Waals surface area (Å²) in [6.45, 7) is 2.11. The third-order valence-corrected chi connectivity index (χ3v) is 4.83. The fourth-order valence-corrected chi connectivity index (χ4v) is 2.97. The number of nitrogens with two attached hydrogens (primary N) is 1. The maximum atomic E-state index is 11.4. The lowest BCUT2D eigenvalue weighted by molar-refractivity contribution is -0.00210. The summed E-state index contributed by atoms with van der Waals surface area (Å²) in [5.74, 6) is 2.72. The molecule has 162 valence electrons. The molecule has 2 amide bonds. The van der Waals surface area contributed by atoms with Crippen molar-refractivity contribution in [1.29, 1.82) is 0 Å². The topological polar surface area (TPSA) is 74.0 Å². The van der Waals surface area contributed by atoms with Crippen LogP contribution < -0.4 is 24.2 Å². The van der Waals surface area contributed by atoms with Gasteiger partial charge in [-0.15, -0.1) is 0 Å². The van der Waals surface area contributed by atoms with Crippen LogP contribution in [-0.4, -0.2) is 12.3 Å². The average Bonchev–Trinajstić information content (AvgIpc) is 2.79. The number of rotatable bonds is 10. The molecule has 1 atom stereocenters. The SMILES string of the molecule is CCCCC(Oc1ccc(Oc2ccccc2)cc1)Oc1cccc(N(S)C(N)=O)c1. The molecule has 0 aliphatic heterocycles. The van der Waals surface area contributed by atoms with Crippen molar-refractivity contribution >= 4 is 24.5 Å². The van der Waals surface area contributed by atoms with E-state index in [-0.39, 0.29) is 0 Å². The zero-order valence-corrected chi connectivity index (χ0v) is 18.2. The van der Waals surface area contributed by atoms with E-state index >= 15 is 0 Å². The van der Waals surface area contributed by atoms with Crippen LogP contribution in [0.3, 0.4) is 0 Å². The number of thiol groups is 1. The normalized spacial score (nSPS) is 11.4. The Hall–Kier alpha value is -3.32. The first-order valence-corrected chi connectivity index (χ1v) is 10.5. The summed E-state index contributed by atoms with van der Waals surface area (Å²) in [7, 11) is 0. The Labute approximate surface area is 188 Å². The molecule has 3 aromatic carbocycles. The minimum absolute atomic E-state index is 0.488. The molecule has 0 aromatic heterocycles. The molecule has 0 fully saturated rings. The maximum absolute atomic E-state index is 11.4. The molecule has 0 heterocycles. The van der Waals surface area contributed by atoms with Gasteiger partial charge in [0.2, 0.25) is 6.29 Å². The van der Waals surface area contributed by atoms with E-state index in [9.17, 15) is 4.79 Å². The second kappa shape index (κ2) is 11.2. The van der Waals surface area contributed by atoms with E-state index in [0.717, 1.165) is 28.6 Å². The number of nitrogens with zero attached hydrogens (tertiary/aromatic N) is 1. The van der Waals surface area contributed by atoms with Gasteiger partial charge >= 0.3 is 6.03 Å². The van der Waals surface area contributed by atoms with Gasteiger partial charge in [-0.3, -0.25) is 0 Å². The van der Waals surface area contributed by atoms with Gasteiger partial charge in [-0.25, -0.2) is 9.10 Å². The van der Waals surface area contributed by atoms with Crippen LogP contribution in [0, 0.1) is 0 Å². The van der Waals surface area contributed by atoms with Crippen molar-refractivity contribution in [2.75, 3.05) is 4.31 Å². The zero-order valence-electron chi connectivity index (χ0n) is 17.3. The van der Waals surface area contributed by atoms with Crippen LogP contribution in [0.2, 0.25) is 0 Å². The van der Waals surface area contributed by atoms with E-state index in [1.807, 2.05) is 54.6 Å². The highest BCUT2D eigenvalue weighted by Gasteiger charge is 2.14. The lowest BCUT2D eigenvalue weighted by Crippen LogP contribution is -2.27. The molecule has 0 saturated carbocycles. The minimum atomic E-state index is -0.669. The van der Waals surface area contributed by atoms with Crippen molar-refractivity contribution in [2.24, 2.45) is 5.73 Å². The van der Waals surface area contributed by atoms with Crippen LogP contribution in [0.5, 0.6) is 23.0 Å². The molecule has 0 aliphatic carbocycles. The quantitative estimate of drug-likeness (QED) is 0.293. The average molecular weight is 439 g/mol. The lowest BCUT2D eigenvalue weighted by Gasteiger charge is -2.21. The van der Waals surface area contributed by atoms with Gasteiger partial charge in [0.15, 0.2) is 0 Å². The molecule has 0 radical (unpaired) electrons. The van der Waals surface area contributed by atoms with Crippen molar-refractivity contribution in [1.82, 2.24) is 0 Å². The highest BCUT2D eigenvalue weighted by Crippen LogP contribution is 2.27. The predicted octanol–water partition coefficient (Wildman–Crippen LogP) is 6.18. The van der Waals surface area contributed by atoms with Gasteiger partial charge in [-0.1, -0.05) is 50.4 Å². The van der Waals surface area contributed by atoms with Crippen LogP contribution >= 0.6 is 12.8 Å². The van der Waals surface area contributed by atoms with Crippen LogP contribution in [0.4, 0.5) is 10.5 Å². The lowest BCUT2D eigenvalue weighted by atomic mass is 10.2. The van der Waals surface area contributed by atoms with E-state index in [4.69, 9.17) is 19.9 Å². The number of hydrogen-bond acceptors (Lipinski definition) is 5. The van der Waals surface area contributed by atoms with Crippen LogP contribution in [0.25, 0.3) is 0 Å². The Kier molecular flexibility index (Phi) is 8.06. The number of urea groups is 1. The fourth-order valence-electron chi connectivity index (χ4n) is 2.84. The van der Waals surface area contributed by atoms with Gasteiger partial charge in [0.1, 0.15) is 23.0 Å². The molecule has 31 heavy (non-hydrogen) atoms. The van der Waals surface area contributed by atoms with Crippen molar-refractivity contribution < 1.29 is 19.0 Å². The van der Waals surface area contributed by atoms with Crippen molar-refractivity contribution in [3.05, 3.63) is 78.9 Å². The maximum Gasteiger partial charge on any atom is 0.329 e. The highest BCUT2D eigenvalue weighted by molar-refractivity contribution is 7.82. The number of anilines is 1. The molecule has 3 rings (SSSR count). The Bertz CT molecular complexity index is 967. The third-order valence-electron chi connectivity index (χ3n) is 4.40.